The number of carbonyl (C=O) groups excluding carboxylic acids is 2. The molecular formula is C35H40F3NO6S2Si. The lowest BCUT2D eigenvalue weighted by Gasteiger charge is -2.37. The Morgan fingerprint density at radius 1 is 0.979 bits per heavy atom. The number of ketones is 2. The average Bonchev–Trinajstić information content (AvgIpc) is 3.40. The molecule has 0 radical (unpaired) electrons. The molecule has 2 aliphatic rings. The fraction of sp³-hybridized carbons (Fsp3) is 0.429. The maximum absolute atomic E-state index is 14.3. The number of fused-ring (bicyclic) bond motifs is 1. The minimum Gasteiger partial charge on any atom is -0.543 e. The summed E-state index contributed by atoms with van der Waals surface area (Å²) in [4.78, 5) is 29.5. The minimum atomic E-state index is -5.76. The summed E-state index contributed by atoms with van der Waals surface area (Å²) >= 11 is 0.904. The number of allylic oxidation sites excluding steroid dienone is 1. The first kappa shape index (κ1) is 36.0. The van der Waals surface area contributed by atoms with Crippen LogP contribution in [0.25, 0.3) is 16.5 Å². The number of hydrogen-bond acceptors (Lipinski definition) is 8. The largest absolute Gasteiger partial charge is 0.543 e. The molecule has 1 fully saturated rings. The number of carbonyl (C=O) groups is 2. The number of alkyl halides is 3. The monoisotopic (exact) mass is 719 g/mol. The van der Waals surface area contributed by atoms with E-state index in [0.717, 1.165) is 37.0 Å². The molecule has 5 rings (SSSR count). The van der Waals surface area contributed by atoms with Crippen LogP contribution >= 0.6 is 11.3 Å². The summed E-state index contributed by atoms with van der Waals surface area (Å²) in [5, 5.41) is -0.176. The Hall–Kier alpha value is -3.26. The van der Waals surface area contributed by atoms with E-state index >= 15 is 0 Å². The highest BCUT2D eigenvalue weighted by molar-refractivity contribution is 7.96. The Labute approximate surface area is 284 Å². The second-order valence-electron chi connectivity index (χ2n) is 13.7. The first-order valence-electron chi connectivity index (χ1n) is 15.9. The van der Waals surface area contributed by atoms with Crippen LogP contribution in [0, 0.1) is 0 Å². The van der Waals surface area contributed by atoms with Gasteiger partial charge in [-0.2, -0.15) is 13.2 Å². The quantitative estimate of drug-likeness (QED) is 0.153. The van der Waals surface area contributed by atoms with Gasteiger partial charge in [0.05, 0.1) is 15.3 Å². The van der Waals surface area contributed by atoms with E-state index in [1.54, 1.807) is 48.5 Å². The van der Waals surface area contributed by atoms with Crippen LogP contribution in [0.3, 0.4) is 0 Å². The van der Waals surface area contributed by atoms with Crippen molar-refractivity contribution >= 4 is 47.1 Å². The van der Waals surface area contributed by atoms with Gasteiger partial charge in [0.25, 0.3) is 18.2 Å². The van der Waals surface area contributed by atoms with Crippen molar-refractivity contribution in [2.75, 3.05) is 26.2 Å². The fourth-order valence-electron chi connectivity index (χ4n) is 5.49. The molecule has 48 heavy (non-hydrogen) atoms. The third-order valence-electron chi connectivity index (χ3n) is 9.26. The molecule has 0 unspecified atom stereocenters. The molecule has 0 amide bonds. The third-order valence-corrected chi connectivity index (χ3v) is 16.3. The summed E-state index contributed by atoms with van der Waals surface area (Å²) in [5.74, 6) is -0.353. The van der Waals surface area contributed by atoms with E-state index in [-0.39, 0.29) is 26.6 Å². The number of thiophene rings is 1. The highest BCUT2D eigenvalue weighted by Gasteiger charge is 2.50. The van der Waals surface area contributed by atoms with Gasteiger partial charge in [0.15, 0.2) is 11.6 Å². The first-order chi connectivity index (χ1) is 22.4. The van der Waals surface area contributed by atoms with Crippen molar-refractivity contribution in [3.63, 3.8) is 0 Å². The number of Topliss-reactive ketones (excluding diaryl/α,β-unsaturated/α-hetero) is 1. The highest BCUT2D eigenvalue weighted by atomic mass is 32.2. The topological polar surface area (TPSA) is 90.0 Å². The average molecular weight is 720 g/mol. The second-order valence-corrected chi connectivity index (χ2v) is 21.4. The van der Waals surface area contributed by atoms with Crippen LogP contribution < -0.4 is 9.16 Å². The Kier molecular flexibility index (Phi) is 10.2. The van der Waals surface area contributed by atoms with Crippen molar-refractivity contribution in [1.82, 2.24) is 4.90 Å². The number of benzene rings is 2. The van der Waals surface area contributed by atoms with Gasteiger partial charge in [-0.15, -0.1) is 11.3 Å². The van der Waals surface area contributed by atoms with Gasteiger partial charge < -0.3 is 9.16 Å². The Morgan fingerprint density at radius 3 is 2.25 bits per heavy atom. The summed E-state index contributed by atoms with van der Waals surface area (Å²) in [7, 11) is -8.17. The Morgan fingerprint density at radius 2 is 1.62 bits per heavy atom. The first-order valence-corrected chi connectivity index (χ1v) is 21.1. The van der Waals surface area contributed by atoms with Gasteiger partial charge in [0, 0.05) is 34.5 Å². The third kappa shape index (κ3) is 7.34. The van der Waals surface area contributed by atoms with E-state index in [2.05, 4.69) is 38.8 Å². The molecule has 2 aromatic carbocycles. The molecule has 2 heterocycles. The van der Waals surface area contributed by atoms with Gasteiger partial charge in [0.2, 0.25) is 0 Å². The molecule has 1 aromatic heterocycles. The molecule has 0 saturated carbocycles. The molecule has 13 heteroatoms. The standard InChI is InChI=1S/C35H40F3NO6S2Si/c1-34(2,3)48(4,5)45-28-12-8-7-11-26(28)33-31(30-27(40)21-25(22-29(30)46-33)47(42,43)35(36,37)38)32(41)23-13-15-24(16-14-23)44-20-19-39-17-9-6-10-18-39/h7-8,11-16,22H,6,9-10,17-21H2,1-5H3. The minimum absolute atomic E-state index is 0.00440. The molecule has 1 aliphatic heterocycles. The number of nitrogens with zero attached hydrogens (tertiary/aromatic N) is 1. The van der Waals surface area contributed by atoms with Gasteiger partial charge in [-0.25, -0.2) is 8.42 Å². The summed E-state index contributed by atoms with van der Waals surface area (Å²) in [6, 6.07) is 13.5. The van der Waals surface area contributed by atoms with Crippen LogP contribution in [0.4, 0.5) is 13.2 Å². The molecule has 0 N–H and O–H groups in total. The summed E-state index contributed by atoms with van der Waals surface area (Å²) in [6.07, 6.45) is 3.47. The molecule has 0 atom stereocenters. The van der Waals surface area contributed by atoms with Crippen molar-refractivity contribution in [2.45, 2.75) is 70.1 Å². The van der Waals surface area contributed by atoms with Crippen LogP contribution in [0.1, 0.15) is 77.6 Å². The lowest BCUT2D eigenvalue weighted by atomic mass is 9.91. The molecule has 0 bridgehead atoms. The van der Waals surface area contributed by atoms with E-state index in [9.17, 15) is 31.2 Å². The molecular weight excluding hydrogens is 680 g/mol. The fourth-order valence-corrected chi connectivity index (χ4v) is 8.81. The van der Waals surface area contributed by atoms with Gasteiger partial charge >= 0.3 is 5.51 Å². The number of hydrogen-bond donors (Lipinski definition) is 0. The van der Waals surface area contributed by atoms with Crippen molar-refractivity contribution in [2.24, 2.45) is 0 Å². The summed E-state index contributed by atoms with van der Waals surface area (Å²) in [5.41, 5.74) is -4.93. The smallest absolute Gasteiger partial charge is 0.501 e. The summed E-state index contributed by atoms with van der Waals surface area (Å²) in [6.45, 7) is 13.7. The normalized spacial score (nSPS) is 16.3. The number of piperidine rings is 1. The number of rotatable bonds is 10. The predicted molar refractivity (Wildman–Crippen MR) is 185 cm³/mol. The highest BCUT2D eigenvalue weighted by Crippen LogP contribution is 2.48. The van der Waals surface area contributed by atoms with Crippen molar-refractivity contribution in [1.29, 1.82) is 0 Å². The van der Waals surface area contributed by atoms with Crippen molar-refractivity contribution in [3.05, 3.63) is 75.0 Å². The number of halogens is 3. The van der Waals surface area contributed by atoms with Gasteiger partial charge in [-0.05, 0) is 86.5 Å². The van der Waals surface area contributed by atoms with Crippen LogP contribution in [0.15, 0.2) is 53.4 Å². The maximum atomic E-state index is 14.3. The van der Waals surface area contributed by atoms with E-state index in [4.69, 9.17) is 9.16 Å². The Balaban J connectivity index is 1.57. The Bertz CT molecular complexity index is 1830. The van der Waals surface area contributed by atoms with Gasteiger partial charge in [-0.1, -0.05) is 39.3 Å². The lowest BCUT2D eigenvalue weighted by Crippen LogP contribution is -2.44. The van der Waals surface area contributed by atoms with Crippen molar-refractivity contribution < 1.29 is 40.3 Å². The zero-order valence-electron chi connectivity index (χ0n) is 27.7. The molecule has 1 saturated heterocycles. The van der Waals surface area contributed by atoms with Crippen LogP contribution in [0.2, 0.25) is 18.1 Å². The predicted octanol–water partition coefficient (Wildman–Crippen LogP) is 8.76. The number of ether oxygens (including phenoxy) is 1. The molecule has 258 valence electrons. The van der Waals surface area contributed by atoms with E-state index < -0.39 is 46.6 Å². The molecule has 7 nitrogen and oxygen atoms in total. The molecule has 0 spiro atoms. The summed E-state index contributed by atoms with van der Waals surface area (Å²) < 4.78 is 77.8. The van der Waals surface area contributed by atoms with Crippen LogP contribution in [-0.2, 0) is 9.84 Å². The van der Waals surface area contributed by atoms with Gasteiger partial charge in [-0.3, -0.25) is 14.5 Å². The number of sulfone groups is 1. The lowest BCUT2D eigenvalue weighted by molar-refractivity contribution is -0.0426. The van der Waals surface area contributed by atoms with Crippen LogP contribution in [0.5, 0.6) is 11.5 Å². The SMILES string of the molecule is CC(C)(C)[Si](C)(C)Oc1ccccc1-c1sc2c(c1C(=O)c1ccc(OCCN3CCCCC3)cc1)C(=O)CC(S(=O)(=O)C(F)(F)F)=C2. The second kappa shape index (κ2) is 13.6. The van der Waals surface area contributed by atoms with Crippen LogP contribution in [-0.4, -0.2) is 65.0 Å². The van der Waals surface area contributed by atoms with Gasteiger partial charge in [0.1, 0.15) is 18.1 Å². The van der Waals surface area contributed by atoms with E-state index in [1.165, 1.54) is 19.3 Å². The maximum Gasteiger partial charge on any atom is 0.501 e. The molecule has 3 aromatic rings. The number of para-hydroxylation sites is 1. The zero-order valence-corrected chi connectivity index (χ0v) is 30.3. The molecule has 1 aliphatic carbocycles. The van der Waals surface area contributed by atoms with E-state index in [1.807, 2.05) is 0 Å². The number of likely N-dealkylation sites (tertiary alicyclic amines) is 1. The van der Waals surface area contributed by atoms with E-state index in [0.29, 0.717) is 28.5 Å². The van der Waals surface area contributed by atoms with Crippen molar-refractivity contribution in [3.8, 4) is 21.9 Å². The zero-order chi connectivity index (χ0) is 35.1.